The number of hydrogen-bond acceptors (Lipinski definition) is 6. The van der Waals surface area contributed by atoms with E-state index in [1.807, 2.05) is 18.2 Å². The summed E-state index contributed by atoms with van der Waals surface area (Å²) in [5, 5.41) is 13.0. The van der Waals surface area contributed by atoms with Crippen LogP contribution in [-0.4, -0.2) is 18.3 Å². The van der Waals surface area contributed by atoms with Crippen molar-refractivity contribution >= 4 is 5.82 Å². The first-order valence-corrected chi connectivity index (χ1v) is 8.48. The smallest absolute Gasteiger partial charge is 0.231 e. The van der Waals surface area contributed by atoms with E-state index in [4.69, 9.17) is 15.2 Å². The zero-order valence-corrected chi connectivity index (χ0v) is 14.1. The molecule has 6 heteroatoms. The average Bonchev–Trinajstić information content (AvgIpc) is 3.08. The van der Waals surface area contributed by atoms with Crippen LogP contribution in [-0.2, 0) is 19.4 Å². The molecular weight excluding hydrogens is 316 g/mol. The molecule has 0 aliphatic carbocycles. The van der Waals surface area contributed by atoms with Gasteiger partial charge in [0.05, 0.1) is 5.56 Å². The van der Waals surface area contributed by atoms with E-state index >= 15 is 0 Å². The van der Waals surface area contributed by atoms with Gasteiger partial charge in [0.1, 0.15) is 11.9 Å². The Labute approximate surface area is 146 Å². The average molecular weight is 336 g/mol. The number of anilines is 1. The quantitative estimate of drug-likeness (QED) is 0.893. The number of hydrogen-bond donors (Lipinski definition) is 2. The number of rotatable bonds is 3. The third-order valence-corrected chi connectivity index (χ3v) is 4.88. The van der Waals surface area contributed by atoms with Crippen molar-refractivity contribution in [3.05, 3.63) is 46.1 Å². The summed E-state index contributed by atoms with van der Waals surface area (Å²) >= 11 is 0. The standard InChI is InChI=1S/C19H20N4O2/c1-11(6-12-2-3-16-17(7-12)25-10-24-16)18-13(8-20)19(21)23-15-4-5-22-9-14(15)18/h2-3,7,11,22H,4-6,9-10H2,1H3,(H2,21,23)/t11-/m1/s1. The van der Waals surface area contributed by atoms with Crippen molar-refractivity contribution in [2.75, 3.05) is 19.1 Å². The van der Waals surface area contributed by atoms with Crippen LogP contribution >= 0.6 is 0 Å². The minimum Gasteiger partial charge on any atom is -0.454 e. The highest BCUT2D eigenvalue weighted by molar-refractivity contribution is 5.59. The lowest BCUT2D eigenvalue weighted by Gasteiger charge is -2.25. The van der Waals surface area contributed by atoms with Crippen molar-refractivity contribution in [2.24, 2.45) is 0 Å². The summed E-state index contributed by atoms with van der Waals surface area (Å²) in [6, 6.07) is 8.26. The van der Waals surface area contributed by atoms with Crippen molar-refractivity contribution in [3.63, 3.8) is 0 Å². The summed E-state index contributed by atoms with van der Waals surface area (Å²) in [4.78, 5) is 4.46. The number of nitrogen functional groups attached to an aromatic ring is 1. The van der Waals surface area contributed by atoms with E-state index in [9.17, 15) is 5.26 Å². The van der Waals surface area contributed by atoms with Gasteiger partial charge >= 0.3 is 0 Å². The van der Waals surface area contributed by atoms with E-state index < -0.39 is 0 Å². The molecule has 0 amide bonds. The van der Waals surface area contributed by atoms with Crippen molar-refractivity contribution < 1.29 is 9.47 Å². The van der Waals surface area contributed by atoms with Gasteiger partial charge in [-0.2, -0.15) is 5.26 Å². The molecule has 0 saturated carbocycles. The Morgan fingerprint density at radius 3 is 3.04 bits per heavy atom. The highest BCUT2D eigenvalue weighted by atomic mass is 16.7. The first-order chi connectivity index (χ1) is 12.2. The molecule has 1 aromatic heterocycles. The summed E-state index contributed by atoms with van der Waals surface area (Å²) < 4.78 is 10.8. The van der Waals surface area contributed by atoms with Crippen molar-refractivity contribution in [1.82, 2.24) is 10.3 Å². The zero-order valence-electron chi connectivity index (χ0n) is 14.1. The molecule has 25 heavy (non-hydrogen) atoms. The van der Waals surface area contributed by atoms with Crippen LogP contribution in [0.2, 0.25) is 0 Å². The van der Waals surface area contributed by atoms with Crippen molar-refractivity contribution in [3.8, 4) is 17.6 Å². The lowest BCUT2D eigenvalue weighted by atomic mass is 9.85. The molecular formula is C19H20N4O2. The number of pyridine rings is 1. The van der Waals surface area contributed by atoms with E-state index in [1.54, 1.807) is 0 Å². The number of nitrogens with one attached hydrogen (secondary N) is 1. The van der Waals surface area contributed by atoms with Crippen molar-refractivity contribution in [1.29, 1.82) is 5.26 Å². The Balaban J connectivity index is 1.71. The second-order valence-corrected chi connectivity index (χ2v) is 6.54. The van der Waals surface area contributed by atoms with Gasteiger partial charge in [-0.05, 0) is 41.2 Å². The molecule has 2 aliphatic heterocycles. The molecule has 2 aliphatic rings. The molecule has 0 spiro atoms. The topological polar surface area (TPSA) is 93.2 Å². The van der Waals surface area contributed by atoms with Crippen LogP contribution in [0, 0.1) is 11.3 Å². The van der Waals surface area contributed by atoms with Gasteiger partial charge in [0.25, 0.3) is 0 Å². The number of nitriles is 1. The fourth-order valence-electron chi connectivity index (χ4n) is 3.72. The number of ether oxygens (including phenoxy) is 2. The van der Waals surface area contributed by atoms with Crippen LogP contribution in [0.25, 0.3) is 0 Å². The highest BCUT2D eigenvalue weighted by Crippen LogP contribution is 2.36. The molecule has 0 radical (unpaired) electrons. The first kappa shape index (κ1) is 15.7. The Bertz CT molecular complexity index is 873. The van der Waals surface area contributed by atoms with E-state index in [0.29, 0.717) is 11.4 Å². The van der Waals surface area contributed by atoms with Gasteiger partial charge in [0.15, 0.2) is 11.5 Å². The van der Waals surface area contributed by atoms with E-state index in [2.05, 4.69) is 23.3 Å². The Morgan fingerprint density at radius 1 is 1.36 bits per heavy atom. The lowest BCUT2D eigenvalue weighted by Crippen LogP contribution is -2.27. The predicted octanol–water partition coefficient (Wildman–Crippen LogP) is 2.26. The predicted molar refractivity (Wildman–Crippen MR) is 93.5 cm³/mol. The van der Waals surface area contributed by atoms with Crippen LogP contribution < -0.4 is 20.5 Å². The fourth-order valence-corrected chi connectivity index (χ4v) is 3.72. The molecule has 0 saturated heterocycles. The van der Waals surface area contributed by atoms with Crippen molar-refractivity contribution in [2.45, 2.75) is 32.2 Å². The van der Waals surface area contributed by atoms with E-state index in [1.165, 1.54) is 0 Å². The number of nitrogens with two attached hydrogens (primary N) is 1. The van der Waals surface area contributed by atoms with Crippen LogP contribution in [0.5, 0.6) is 11.5 Å². The fraction of sp³-hybridized carbons (Fsp3) is 0.368. The van der Waals surface area contributed by atoms with Gasteiger partial charge in [0, 0.05) is 25.2 Å². The molecule has 128 valence electrons. The Morgan fingerprint density at radius 2 is 2.20 bits per heavy atom. The van der Waals surface area contributed by atoms with Gasteiger partial charge in [0.2, 0.25) is 6.79 Å². The van der Waals surface area contributed by atoms with Crippen LogP contribution in [0.3, 0.4) is 0 Å². The monoisotopic (exact) mass is 336 g/mol. The van der Waals surface area contributed by atoms with Gasteiger partial charge in [-0.1, -0.05) is 13.0 Å². The molecule has 0 bridgehead atoms. The maximum absolute atomic E-state index is 9.62. The van der Waals surface area contributed by atoms with E-state index in [-0.39, 0.29) is 12.7 Å². The molecule has 6 nitrogen and oxygen atoms in total. The van der Waals surface area contributed by atoms with Crippen LogP contribution in [0.15, 0.2) is 18.2 Å². The molecule has 4 rings (SSSR count). The van der Waals surface area contributed by atoms with Crippen LogP contribution in [0.4, 0.5) is 5.82 Å². The largest absolute Gasteiger partial charge is 0.454 e. The minimum atomic E-state index is 0.147. The molecule has 2 aromatic rings. The second kappa shape index (κ2) is 6.26. The third kappa shape index (κ3) is 2.77. The highest BCUT2D eigenvalue weighted by Gasteiger charge is 2.25. The van der Waals surface area contributed by atoms with E-state index in [0.717, 1.165) is 59.8 Å². The second-order valence-electron chi connectivity index (χ2n) is 6.54. The Hall–Kier alpha value is -2.78. The van der Waals surface area contributed by atoms with Gasteiger partial charge < -0.3 is 20.5 Å². The maximum atomic E-state index is 9.62. The third-order valence-electron chi connectivity index (χ3n) is 4.88. The normalized spacial score (nSPS) is 16.2. The summed E-state index contributed by atoms with van der Waals surface area (Å²) in [7, 11) is 0. The molecule has 0 unspecified atom stereocenters. The maximum Gasteiger partial charge on any atom is 0.231 e. The number of nitrogens with zero attached hydrogens (tertiary/aromatic N) is 2. The minimum absolute atomic E-state index is 0.147. The number of fused-ring (bicyclic) bond motifs is 2. The van der Waals surface area contributed by atoms with Gasteiger partial charge in [-0.3, -0.25) is 0 Å². The summed E-state index contributed by atoms with van der Waals surface area (Å²) in [6.45, 7) is 4.03. The summed E-state index contributed by atoms with van der Waals surface area (Å²) in [5.74, 6) is 2.05. The number of benzene rings is 1. The molecule has 3 heterocycles. The Kier molecular flexibility index (Phi) is 3.94. The van der Waals surface area contributed by atoms with Crippen LogP contribution in [0.1, 0.15) is 40.8 Å². The SMILES string of the molecule is C[C@H](Cc1ccc2c(c1)OCO2)c1c(C#N)c(N)nc2c1CNCC2. The van der Waals surface area contributed by atoms with Gasteiger partial charge in [-0.15, -0.1) is 0 Å². The van der Waals surface area contributed by atoms with Gasteiger partial charge in [-0.25, -0.2) is 4.98 Å². The number of aromatic nitrogens is 1. The zero-order chi connectivity index (χ0) is 17.4. The molecule has 0 fully saturated rings. The first-order valence-electron chi connectivity index (χ1n) is 8.48. The molecule has 3 N–H and O–H groups in total. The molecule has 1 aromatic carbocycles. The summed E-state index contributed by atoms with van der Waals surface area (Å²) in [6.07, 6.45) is 1.64. The summed E-state index contributed by atoms with van der Waals surface area (Å²) in [5.41, 5.74) is 10.9. The molecule has 1 atom stereocenters. The lowest BCUT2D eigenvalue weighted by molar-refractivity contribution is 0.174.